The molecule has 0 saturated carbocycles. The number of hydrogen-bond acceptors (Lipinski definition) is 3. The molecule has 1 aromatic heterocycles. The molecule has 1 aliphatic rings. The summed E-state index contributed by atoms with van der Waals surface area (Å²) < 4.78 is 7.60. The molecule has 0 amide bonds. The number of rotatable bonds is 4. The molecular formula is C14H21N3O. The second kappa shape index (κ2) is 5.55. The van der Waals surface area contributed by atoms with Gasteiger partial charge in [0, 0.05) is 31.9 Å². The van der Waals surface area contributed by atoms with Gasteiger partial charge in [-0.1, -0.05) is 0 Å². The third kappa shape index (κ3) is 2.58. The minimum Gasteiger partial charge on any atom is -0.377 e. The van der Waals surface area contributed by atoms with E-state index >= 15 is 0 Å². The van der Waals surface area contributed by atoms with Crippen molar-refractivity contribution in [1.29, 1.82) is 5.26 Å². The number of hydrogen-bond donors (Lipinski definition) is 1. The van der Waals surface area contributed by atoms with Crippen LogP contribution in [0.5, 0.6) is 0 Å². The van der Waals surface area contributed by atoms with Gasteiger partial charge in [-0.05, 0) is 38.3 Å². The Kier molecular flexibility index (Phi) is 4.05. The van der Waals surface area contributed by atoms with Crippen molar-refractivity contribution in [3.05, 3.63) is 23.0 Å². The first-order chi connectivity index (χ1) is 8.63. The molecule has 0 aromatic carbocycles. The fraction of sp³-hybridized carbons (Fsp3) is 0.643. The maximum Gasteiger partial charge on any atom is 0.120 e. The summed E-state index contributed by atoms with van der Waals surface area (Å²) in [6, 6.07) is 4.53. The molecule has 98 valence electrons. The molecule has 2 rings (SSSR count). The SMILES string of the molecule is Cc1c(CN[C@@H](C)[C@H]2CCCO2)cc(C#N)n1C. The van der Waals surface area contributed by atoms with E-state index in [0.29, 0.717) is 17.8 Å². The van der Waals surface area contributed by atoms with Crippen molar-refractivity contribution in [2.45, 2.75) is 45.4 Å². The summed E-state index contributed by atoms with van der Waals surface area (Å²) in [5.41, 5.74) is 3.06. The molecule has 0 spiro atoms. The number of nitrogens with one attached hydrogen (secondary N) is 1. The van der Waals surface area contributed by atoms with Crippen molar-refractivity contribution < 1.29 is 4.74 Å². The largest absolute Gasteiger partial charge is 0.377 e. The van der Waals surface area contributed by atoms with E-state index in [1.165, 1.54) is 12.0 Å². The van der Waals surface area contributed by atoms with Gasteiger partial charge >= 0.3 is 0 Å². The lowest BCUT2D eigenvalue weighted by atomic mass is 10.1. The second-order valence-corrected chi connectivity index (χ2v) is 5.03. The van der Waals surface area contributed by atoms with Gasteiger partial charge in [0.2, 0.25) is 0 Å². The first-order valence-electron chi connectivity index (χ1n) is 6.53. The Morgan fingerprint density at radius 2 is 2.44 bits per heavy atom. The van der Waals surface area contributed by atoms with E-state index in [0.717, 1.165) is 25.3 Å². The lowest BCUT2D eigenvalue weighted by molar-refractivity contribution is 0.0832. The van der Waals surface area contributed by atoms with E-state index in [2.05, 4.69) is 25.2 Å². The topological polar surface area (TPSA) is 50.0 Å². The molecule has 0 unspecified atom stereocenters. The Labute approximate surface area is 109 Å². The van der Waals surface area contributed by atoms with Crippen LogP contribution in [0.3, 0.4) is 0 Å². The zero-order valence-corrected chi connectivity index (χ0v) is 11.4. The first-order valence-corrected chi connectivity index (χ1v) is 6.53. The number of nitriles is 1. The van der Waals surface area contributed by atoms with Crippen LogP contribution in [0.15, 0.2) is 6.07 Å². The molecule has 2 atom stereocenters. The molecule has 1 aliphatic heterocycles. The van der Waals surface area contributed by atoms with Crippen LogP contribution in [0.1, 0.15) is 36.7 Å². The van der Waals surface area contributed by atoms with Crippen molar-refractivity contribution in [1.82, 2.24) is 9.88 Å². The Bertz CT molecular complexity index is 452. The molecule has 2 heterocycles. The molecule has 18 heavy (non-hydrogen) atoms. The molecule has 0 bridgehead atoms. The van der Waals surface area contributed by atoms with E-state index in [-0.39, 0.29) is 0 Å². The highest BCUT2D eigenvalue weighted by Crippen LogP contribution is 2.17. The van der Waals surface area contributed by atoms with Crippen molar-refractivity contribution in [2.75, 3.05) is 6.61 Å². The predicted octanol–water partition coefficient (Wildman–Crippen LogP) is 1.86. The van der Waals surface area contributed by atoms with Crippen LogP contribution in [0.25, 0.3) is 0 Å². The van der Waals surface area contributed by atoms with E-state index in [4.69, 9.17) is 10.00 Å². The lowest BCUT2D eigenvalue weighted by Gasteiger charge is -2.20. The highest BCUT2D eigenvalue weighted by molar-refractivity contribution is 5.34. The van der Waals surface area contributed by atoms with E-state index in [9.17, 15) is 0 Å². The van der Waals surface area contributed by atoms with Crippen LogP contribution in [-0.4, -0.2) is 23.3 Å². The second-order valence-electron chi connectivity index (χ2n) is 5.03. The third-order valence-corrected chi connectivity index (χ3v) is 3.89. The number of ether oxygens (including phenoxy) is 1. The predicted molar refractivity (Wildman–Crippen MR) is 70.1 cm³/mol. The average Bonchev–Trinajstić information content (AvgIpc) is 2.98. The van der Waals surface area contributed by atoms with Gasteiger partial charge in [-0.15, -0.1) is 0 Å². The van der Waals surface area contributed by atoms with E-state index in [1.54, 1.807) is 0 Å². The van der Waals surface area contributed by atoms with Crippen LogP contribution in [0.2, 0.25) is 0 Å². The van der Waals surface area contributed by atoms with Crippen molar-refractivity contribution in [3.63, 3.8) is 0 Å². The van der Waals surface area contributed by atoms with Crippen LogP contribution in [-0.2, 0) is 18.3 Å². The summed E-state index contributed by atoms with van der Waals surface area (Å²) in [6.45, 7) is 5.90. The fourth-order valence-electron chi connectivity index (χ4n) is 2.45. The van der Waals surface area contributed by atoms with Gasteiger partial charge in [-0.25, -0.2) is 0 Å². The number of aromatic nitrogens is 1. The zero-order chi connectivity index (χ0) is 13.1. The number of nitrogens with zero attached hydrogens (tertiary/aromatic N) is 2. The molecule has 4 heteroatoms. The van der Waals surface area contributed by atoms with Crippen LogP contribution in [0, 0.1) is 18.3 Å². The average molecular weight is 247 g/mol. The van der Waals surface area contributed by atoms with Crippen molar-refractivity contribution in [2.24, 2.45) is 7.05 Å². The molecule has 0 radical (unpaired) electrons. The first kappa shape index (κ1) is 13.1. The van der Waals surface area contributed by atoms with Gasteiger partial charge in [0.25, 0.3) is 0 Å². The van der Waals surface area contributed by atoms with Crippen LogP contribution < -0.4 is 5.32 Å². The maximum atomic E-state index is 8.99. The van der Waals surface area contributed by atoms with Gasteiger partial charge < -0.3 is 14.6 Å². The van der Waals surface area contributed by atoms with Gasteiger partial charge in [-0.2, -0.15) is 5.26 Å². The standard InChI is InChI=1S/C14H21N3O/c1-10(14-5-4-6-18-14)16-9-12-7-13(8-15)17(3)11(12)2/h7,10,14,16H,4-6,9H2,1-3H3/t10-,14+/m0/s1. The molecule has 0 aliphatic carbocycles. The van der Waals surface area contributed by atoms with Gasteiger partial charge in [-0.3, -0.25) is 0 Å². The Morgan fingerprint density at radius 1 is 1.67 bits per heavy atom. The monoisotopic (exact) mass is 247 g/mol. The summed E-state index contributed by atoms with van der Waals surface area (Å²) in [5.74, 6) is 0. The molecule has 1 N–H and O–H groups in total. The quantitative estimate of drug-likeness (QED) is 0.883. The third-order valence-electron chi connectivity index (χ3n) is 3.89. The highest BCUT2D eigenvalue weighted by Gasteiger charge is 2.22. The maximum absolute atomic E-state index is 8.99. The minimum absolute atomic E-state index is 0.337. The van der Waals surface area contributed by atoms with Gasteiger partial charge in [0.15, 0.2) is 0 Å². The molecule has 1 aromatic rings. The summed E-state index contributed by atoms with van der Waals surface area (Å²) in [5, 5.41) is 12.5. The van der Waals surface area contributed by atoms with E-state index in [1.807, 2.05) is 17.7 Å². The summed E-state index contributed by atoms with van der Waals surface area (Å²) >= 11 is 0. The molecule has 1 fully saturated rings. The summed E-state index contributed by atoms with van der Waals surface area (Å²) in [7, 11) is 1.93. The summed E-state index contributed by atoms with van der Waals surface area (Å²) in [6.07, 6.45) is 2.65. The molecule has 4 nitrogen and oxygen atoms in total. The van der Waals surface area contributed by atoms with Gasteiger partial charge in [0.05, 0.1) is 6.10 Å². The fourth-order valence-corrected chi connectivity index (χ4v) is 2.45. The summed E-state index contributed by atoms with van der Waals surface area (Å²) in [4.78, 5) is 0. The van der Waals surface area contributed by atoms with Crippen LogP contribution in [0.4, 0.5) is 0 Å². The normalized spacial score (nSPS) is 20.9. The highest BCUT2D eigenvalue weighted by atomic mass is 16.5. The Balaban J connectivity index is 1.95. The Hall–Kier alpha value is -1.31. The van der Waals surface area contributed by atoms with Gasteiger partial charge in [0.1, 0.15) is 11.8 Å². The lowest BCUT2D eigenvalue weighted by Crippen LogP contribution is -2.36. The Morgan fingerprint density at radius 3 is 3.00 bits per heavy atom. The van der Waals surface area contributed by atoms with E-state index < -0.39 is 0 Å². The molecule has 1 saturated heterocycles. The molecular weight excluding hydrogens is 226 g/mol. The van der Waals surface area contributed by atoms with Crippen molar-refractivity contribution in [3.8, 4) is 6.07 Å². The smallest absolute Gasteiger partial charge is 0.120 e. The van der Waals surface area contributed by atoms with Crippen molar-refractivity contribution >= 4 is 0 Å². The minimum atomic E-state index is 0.337. The van der Waals surface area contributed by atoms with Crippen LogP contribution >= 0.6 is 0 Å². The zero-order valence-electron chi connectivity index (χ0n) is 11.4.